The predicted molar refractivity (Wildman–Crippen MR) is 69.0 cm³/mol. The van der Waals surface area contributed by atoms with Crippen LogP contribution in [-0.2, 0) is 0 Å². The highest BCUT2D eigenvalue weighted by molar-refractivity contribution is 5.94. The molecular weight excluding hydrogens is 245 g/mol. The molecule has 1 aliphatic rings. The molecule has 0 radical (unpaired) electrons. The minimum Gasteiger partial charge on any atom is -0.336 e. The molecule has 5 heteroatoms. The molecule has 2 rings (SSSR count). The van der Waals surface area contributed by atoms with Crippen LogP contribution in [0.4, 0.5) is 4.39 Å². The molecular formula is C14H16FN3O. The summed E-state index contributed by atoms with van der Waals surface area (Å²) in [5, 5.41) is 8.54. The molecule has 1 aromatic rings. The molecule has 0 atom stereocenters. The minimum atomic E-state index is -0.390. The molecule has 0 saturated carbocycles. The number of amides is 1. The fourth-order valence-electron chi connectivity index (χ4n) is 2.19. The number of rotatable bonds is 3. The van der Waals surface area contributed by atoms with E-state index >= 15 is 0 Å². The van der Waals surface area contributed by atoms with Crippen LogP contribution >= 0.6 is 0 Å². The fourth-order valence-corrected chi connectivity index (χ4v) is 2.19. The first-order chi connectivity index (χ1) is 9.20. The molecule has 19 heavy (non-hydrogen) atoms. The van der Waals surface area contributed by atoms with Crippen LogP contribution < -0.4 is 0 Å². The van der Waals surface area contributed by atoms with Gasteiger partial charge < -0.3 is 4.90 Å². The lowest BCUT2D eigenvalue weighted by molar-refractivity contribution is 0.0639. The van der Waals surface area contributed by atoms with Gasteiger partial charge in [-0.25, -0.2) is 4.39 Å². The van der Waals surface area contributed by atoms with Crippen LogP contribution in [0, 0.1) is 17.1 Å². The van der Waals surface area contributed by atoms with Gasteiger partial charge in [-0.05, 0) is 18.2 Å². The zero-order valence-electron chi connectivity index (χ0n) is 10.7. The summed E-state index contributed by atoms with van der Waals surface area (Å²) < 4.78 is 13.1. The maximum absolute atomic E-state index is 13.1. The van der Waals surface area contributed by atoms with Crippen molar-refractivity contribution in [2.24, 2.45) is 0 Å². The summed E-state index contributed by atoms with van der Waals surface area (Å²) in [5.41, 5.74) is 0.394. The zero-order chi connectivity index (χ0) is 13.7. The van der Waals surface area contributed by atoms with Gasteiger partial charge in [0.1, 0.15) is 5.82 Å². The average Bonchev–Trinajstić information content (AvgIpc) is 2.45. The molecule has 4 nitrogen and oxygen atoms in total. The van der Waals surface area contributed by atoms with Crippen molar-refractivity contribution < 1.29 is 9.18 Å². The van der Waals surface area contributed by atoms with Gasteiger partial charge in [-0.2, -0.15) is 5.26 Å². The van der Waals surface area contributed by atoms with Gasteiger partial charge in [-0.3, -0.25) is 9.69 Å². The van der Waals surface area contributed by atoms with E-state index in [1.54, 1.807) is 17.0 Å². The number of nitriles is 1. The standard InChI is InChI=1S/C14H16FN3O/c15-13-4-1-3-12(11-13)14(19)18-9-7-17(8-10-18)6-2-5-16/h1,3-4,11H,2,6-10H2. The Morgan fingerprint density at radius 2 is 2.05 bits per heavy atom. The van der Waals surface area contributed by atoms with Crippen molar-refractivity contribution in [3.8, 4) is 6.07 Å². The normalized spacial score (nSPS) is 16.1. The number of piperazine rings is 1. The summed E-state index contributed by atoms with van der Waals surface area (Å²) in [5.74, 6) is -0.516. The van der Waals surface area contributed by atoms with Crippen LogP contribution in [0.15, 0.2) is 24.3 Å². The quantitative estimate of drug-likeness (QED) is 0.828. The largest absolute Gasteiger partial charge is 0.336 e. The van der Waals surface area contributed by atoms with Crippen LogP contribution in [0.2, 0.25) is 0 Å². The van der Waals surface area contributed by atoms with Crippen molar-refractivity contribution in [2.75, 3.05) is 32.7 Å². The Labute approximate surface area is 112 Å². The van der Waals surface area contributed by atoms with E-state index in [0.717, 1.165) is 19.6 Å². The Morgan fingerprint density at radius 3 is 2.68 bits per heavy atom. The second-order valence-corrected chi connectivity index (χ2v) is 4.55. The third-order valence-electron chi connectivity index (χ3n) is 3.27. The number of carbonyl (C=O) groups is 1. The topological polar surface area (TPSA) is 47.3 Å². The van der Waals surface area contributed by atoms with Crippen LogP contribution in [-0.4, -0.2) is 48.4 Å². The lowest BCUT2D eigenvalue weighted by atomic mass is 10.1. The number of hydrogen-bond acceptors (Lipinski definition) is 3. The van der Waals surface area contributed by atoms with E-state index in [9.17, 15) is 9.18 Å². The van der Waals surface area contributed by atoms with Gasteiger partial charge in [-0.1, -0.05) is 6.07 Å². The highest BCUT2D eigenvalue weighted by atomic mass is 19.1. The van der Waals surface area contributed by atoms with Gasteiger partial charge in [-0.15, -0.1) is 0 Å². The Hall–Kier alpha value is -1.93. The van der Waals surface area contributed by atoms with E-state index in [1.165, 1.54) is 12.1 Å². The molecule has 1 amide bonds. The van der Waals surface area contributed by atoms with Crippen LogP contribution in [0.5, 0.6) is 0 Å². The number of benzene rings is 1. The molecule has 1 fully saturated rings. The van der Waals surface area contributed by atoms with E-state index in [1.807, 2.05) is 0 Å². The van der Waals surface area contributed by atoms with Gasteiger partial charge in [0.05, 0.1) is 6.07 Å². The molecule has 0 aliphatic carbocycles. The molecule has 0 bridgehead atoms. The first-order valence-electron chi connectivity index (χ1n) is 6.35. The number of halogens is 1. The molecule has 0 unspecified atom stereocenters. The maximum Gasteiger partial charge on any atom is 0.254 e. The molecule has 1 aliphatic heterocycles. The Kier molecular flexibility index (Phi) is 4.48. The first-order valence-corrected chi connectivity index (χ1v) is 6.35. The van der Waals surface area contributed by atoms with Gasteiger partial charge >= 0.3 is 0 Å². The minimum absolute atomic E-state index is 0.126. The van der Waals surface area contributed by atoms with Crippen molar-refractivity contribution in [3.63, 3.8) is 0 Å². The Bertz CT molecular complexity index is 490. The van der Waals surface area contributed by atoms with Gasteiger partial charge in [0, 0.05) is 44.7 Å². The van der Waals surface area contributed by atoms with E-state index < -0.39 is 5.82 Å². The number of nitrogens with zero attached hydrogens (tertiary/aromatic N) is 3. The van der Waals surface area contributed by atoms with Crippen LogP contribution in [0.25, 0.3) is 0 Å². The van der Waals surface area contributed by atoms with Crippen LogP contribution in [0.3, 0.4) is 0 Å². The summed E-state index contributed by atoms with van der Waals surface area (Å²) in [4.78, 5) is 16.1. The molecule has 1 aromatic carbocycles. The van der Waals surface area contributed by atoms with Crippen molar-refractivity contribution in [2.45, 2.75) is 6.42 Å². The van der Waals surface area contributed by atoms with Crippen molar-refractivity contribution in [3.05, 3.63) is 35.6 Å². The molecule has 1 heterocycles. The van der Waals surface area contributed by atoms with Crippen molar-refractivity contribution in [1.82, 2.24) is 9.80 Å². The van der Waals surface area contributed by atoms with E-state index in [-0.39, 0.29) is 5.91 Å². The van der Waals surface area contributed by atoms with Gasteiger partial charge in [0.2, 0.25) is 0 Å². The molecule has 0 aromatic heterocycles. The number of carbonyl (C=O) groups excluding carboxylic acids is 1. The monoisotopic (exact) mass is 261 g/mol. The SMILES string of the molecule is N#CCCN1CCN(C(=O)c2cccc(F)c2)CC1. The van der Waals surface area contributed by atoms with E-state index in [4.69, 9.17) is 5.26 Å². The van der Waals surface area contributed by atoms with E-state index in [0.29, 0.717) is 25.1 Å². The summed E-state index contributed by atoms with van der Waals surface area (Å²) in [6, 6.07) is 7.90. The summed E-state index contributed by atoms with van der Waals surface area (Å²) in [6.45, 7) is 3.53. The summed E-state index contributed by atoms with van der Waals surface area (Å²) in [6.07, 6.45) is 0.512. The number of hydrogen-bond donors (Lipinski definition) is 0. The third-order valence-corrected chi connectivity index (χ3v) is 3.27. The van der Waals surface area contributed by atoms with Crippen molar-refractivity contribution >= 4 is 5.91 Å². The van der Waals surface area contributed by atoms with E-state index in [2.05, 4.69) is 11.0 Å². The molecule has 0 spiro atoms. The fraction of sp³-hybridized carbons (Fsp3) is 0.429. The van der Waals surface area contributed by atoms with Crippen molar-refractivity contribution in [1.29, 1.82) is 5.26 Å². The second-order valence-electron chi connectivity index (χ2n) is 4.55. The first kappa shape index (κ1) is 13.5. The lowest BCUT2D eigenvalue weighted by Crippen LogP contribution is -2.48. The zero-order valence-corrected chi connectivity index (χ0v) is 10.7. The Balaban J connectivity index is 1.91. The lowest BCUT2D eigenvalue weighted by Gasteiger charge is -2.34. The highest BCUT2D eigenvalue weighted by Crippen LogP contribution is 2.10. The smallest absolute Gasteiger partial charge is 0.254 e. The van der Waals surface area contributed by atoms with Crippen LogP contribution in [0.1, 0.15) is 16.8 Å². The summed E-state index contributed by atoms with van der Waals surface area (Å²) in [7, 11) is 0. The average molecular weight is 261 g/mol. The third kappa shape index (κ3) is 3.52. The second kappa shape index (κ2) is 6.30. The predicted octanol–water partition coefficient (Wildman–Crippen LogP) is 1.50. The summed E-state index contributed by atoms with van der Waals surface area (Å²) >= 11 is 0. The maximum atomic E-state index is 13.1. The van der Waals surface area contributed by atoms with Gasteiger partial charge in [0.25, 0.3) is 5.91 Å². The molecule has 0 N–H and O–H groups in total. The molecule has 1 saturated heterocycles. The van der Waals surface area contributed by atoms with Gasteiger partial charge in [0.15, 0.2) is 0 Å². The highest BCUT2D eigenvalue weighted by Gasteiger charge is 2.21. The molecule has 100 valence electrons. The Morgan fingerprint density at radius 1 is 1.32 bits per heavy atom.